The number of carbonyl (C=O) groups is 1. The molecule has 3 heteroatoms. The highest BCUT2D eigenvalue weighted by atomic mass is 16.4. The van der Waals surface area contributed by atoms with Crippen LogP contribution in [0.2, 0.25) is 0 Å². The molecule has 0 spiro atoms. The van der Waals surface area contributed by atoms with Crippen LogP contribution < -0.4 is 5.32 Å². The number of hydrogen-bond acceptors (Lipinski definition) is 2. The van der Waals surface area contributed by atoms with E-state index in [1.54, 1.807) is 0 Å². The largest absolute Gasteiger partial charge is 0.481 e. The maximum atomic E-state index is 10.2. The summed E-state index contributed by atoms with van der Waals surface area (Å²) < 4.78 is 0. The number of hydrogen-bond donors (Lipinski definition) is 2. The first-order chi connectivity index (χ1) is 6.16. The lowest BCUT2D eigenvalue weighted by Gasteiger charge is -2.11. The Kier molecular flexibility index (Phi) is 7.30. The summed E-state index contributed by atoms with van der Waals surface area (Å²) in [5, 5.41) is 11.6. The molecule has 1 unspecified atom stereocenters. The monoisotopic (exact) mass is 185 g/mol. The average molecular weight is 185 g/mol. The molecule has 0 rings (SSSR count). The van der Waals surface area contributed by atoms with E-state index in [2.05, 4.69) is 18.8 Å². The van der Waals surface area contributed by atoms with Gasteiger partial charge in [0.2, 0.25) is 0 Å². The van der Waals surface area contributed by atoms with Crippen LogP contribution in [0.15, 0.2) is 12.7 Å². The summed E-state index contributed by atoms with van der Waals surface area (Å²) in [5.74, 6) is -0.702. The predicted molar refractivity (Wildman–Crippen MR) is 53.8 cm³/mol. The zero-order chi connectivity index (χ0) is 10.1. The molecule has 2 N–H and O–H groups in total. The Hall–Kier alpha value is -0.830. The minimum Gasteiger partial charge on any atom is -0.481 e. The van der Waals surface area contributed by atoms with Gasteiger partial charge in [0, 0.05) is 19.0 Å². The molecule has 76 valence electrons. The van der Waals surface area contributed by atoms with Crippen LogP contribution in [0.1, 0.15) is 32.6 Å². The molecule has 0 heterocycles. The maximum absolute atomic E-state index is 10.2. The molecule has 0 aromatic heterocycles. The molecular weight excluding hydrogens is 166 g/mol. The molecule has 0 aliphatic rings. The molecule has 0 aliphatic heterocycles. The van der Waals surface area contributed by atoms with Gasteiger partial charge in [-0.1, -0.05) is 12.5 Å². The van der Waals surface area contributed by atoms with Crippen LogP contribution >= 0.6 is 0 Å². The highest BCUT2D eigenvalue weighted by Gasteiger charge is 2.01. The van der Waals surface area contributed by atoms with E-state index in [0.29, 0.717) is 6.04 Å². The standard InChI is InChI=1S/C10H19NO2/c1-3-8-11-9(2)6-4-5-7-10(12)13/h3,9,11H,1,4-8H2,2H3,(H,12,13). The van der Waals surface area contributed by atoms with Crippen LogP contribution in [0.3, 0.4) is 0 Å². The van der Waals surface area contributed by atoms with Crippen molar-refractivity contribution in [3.8, 4) is 0 Å². The van der Waals surface area contributed by atoms with E-state index in [9.17, 15) is 4.79 Å². The lowest BCUT2D eigenvalue weighted by atomic mass is 10.1. The van der Waals surface area contributed by atoms with Crippen molar-refractivity contribution in [2.24, 2.45) is 0 Å². The molecule has 0 aromatic carbocycles. The van der Waals surface area contributed by atoms with Crippen molar-refractivity contribution in [2.45, 2.75) is 38.6 Å². The first kappa shape index (κ1) is 12.2. The molecule has 1 atom stereocenters. The Labute approximate surface area is 79.8 Å². The summed E-state index contributed by atoms with van der Waals surface area (Å²) in [6, 6.07) is 0.451. The third-order valence-corrected chi connectivity index (χ3v) is 1.89. The minimum absolute atomic E-state index is 0.286. The van der Waals surface area contributed by atoms with Crippen LogP contribution in [0.25, 0.3) is 0 Å². The maximum Gasteiger partial charge on any atom is 0.303 e. The smallest absolute Gasteiger partial charge is 0.303 e. The van der Waals surface area contributed by atoms with Gasteiger partial charge in [0.1, 0.15) is 0 Å². The molecule has 0 radical (unpaired) electrons. The lowest BCUT2D eigenvalue weighted by Crippen LogP contribution is -2.25. The third-order valence-electron chi connectivity index (χ3n) is 1.89. The second kappa shape index (κ2) is 7.80. The zero-order valence-corrected chi connectivity index (χ0v) is 8.25. The number of unbranched alkanes of at least 4 members (excludes halogenated alkanes) is 1. The van der Waals surface area contributed by atoms with Gasteiger partial charge in [0.25, 0.3) is 0 Å². The minimum atomic E-state index is -0.702. The summed E-state index contributed by atoms with van der Waals surface area (Å²) in [5.41, 5.74) is 0. The predicted octanol–water partition coefficient (Wildman–Crippen LogP) is 1.80. The number of aliphatic carboxylic acids is 1. The van der Waals surface area contributed by atoms with Crippen molar-refractivity contribution >= 4 is 5.97 Å². The van der Waals surface area contributed by atoms with E-state index in [1.807, 2.05) is 6.08 Å². The summed E-state index contributed by atoms with van der Waals surface area (Å²) in [6.07, 6.45) is 4.89. The summed E-state index contributed by atoms with van der Waals surface area (Å²) in [4.78, 5) is 10.2. The van der Waals surface area contributed by atoms with Crippen molar-refractivity contribution < 1.29 is 9.90 Å². The van der Waals surface area contributed by atoms with Crippen LogP contribution in [0.4, 0.5) is 0 Å². The van der Waals surface area contributed by atoms with Crippen molar-refractivity contribution in [3.63, 3.8) is 0 Å². The lowest BCUT2D eigenvalue weighted by molar-refractivity contribution is -0.137. The van der Waals surface area contributed by atoms with Gasteiger partial charge in [-0.05, 0) is 19.8 Å². The van der Waals surface area contributed by atoms with E-state index in [0.717, 1.165) is 25.8 Å². The normalized spacial score (nSPS) is 12.4. The Bertz CT molecular complexity index is 157. The topological polar surface area (TPSA) is 49.3 Å². The number of carboxylic acids is 1. The van der Waals surface area contributed by atoms with Gasteiger partial charge in [0.05, 0.1) is 0 Å². The van der Waals surface area contributed by atoms with Crippen LogP contribution in [0.5, 0.6) is 0 Å². The highest BCUT2D eigenvalue weighted by molar-refractivity contribution is 5.66. The second-order valence-corrected chi connectivity index (χ2v) is 3.24. The second-order valence-electron chi connectivity index (χ2n) is 3.24. The van der Waals surface area contributed by atoms with Gasteiger partial charge in [-0.3, -0.25) is 4.79 Å². The van der Waals surface area contributed by atoms with Crippen LogP contribution in [-0.2, 0) is 4.79 Å². The van der Waals surface area contributed by atoms with E-state index in [4.69, 9.17) is 5.11 Å². The molecule has 0 fully saturated rings. The Balaban J connectivity index is 3.21. The molecule has 0 bridgehead atoms. The van der Waals surface area contributed by atoms with Gasteiger partial charge in [-0.15, -0.1) is 6.58 Å². The quantitative estimate of drug-likeness (QED) is 0.448. The first-order valence-corrected chi connectivity index (χ1v) is 4.73. The van der Waals surface area contributed by atoms with Crippen molar-refractivity contribution in [1.82, 2.24) is 5.32 Å². The van der Waals surface area contributed by atoms with E-state index >= 15 is 0 Å². The fourth-order valence-electron chi connectivity index (χ4n) is 1.11. The fourth-order valence-corrected chi connectivity index (χ4v) is 1.11. The van der Waals surface area contributed by atoms with Gasteiger partial charge >= 0.3 is 5.97 Å². The fraction of sp³-hybridized carbons (Fsp3) is 0.700. The molecule has 13 heavy (non-hydrogen) atoms. The third kappa shape index (κ3) is 9.08. The van der Waals surface area contributed by atoms with E-state index in [1.165, 1.54) is 0 Å². The van der Waals surface area contributed by atoms with Gasteiger partial charge < -0.3 is 10.4 Å². The highest BCUT2D eigenvalue weighted by Crippen LogP contribution is 2.02. The Morgan fingerprint density at radius 2 is 2.31 bits per heavy atom. The van der Waals surface area contributed by atoms with E-state index < -0.39 is 5.97 Å². The number of rotatable bonds is 8. The van der Waals surface area contributed by atoms with Gasteiger partial charge in [-0.25, -0.2) is 0 Å². The molecular formula is C10H19NO2. The van der Waals surface area contributed by atoms with Crippen molar-refractivity contribution in [2.75, 3.05) is 6.54 Å². The van der Waals surface area contributed by atoms with Gasteiger partial charge in [0.15, 0.2) is 0 Å². The molecule has 0 amide bonds. The van der Waals surface area contributed by atoms with Crippen molar-refractivity contribution in [3.05, 3.63) is 12.7 Å². The van der Waals surface area contributed by atoms with Crippen LogP contribution in [0, 0.1) is 0 Å². The average Bonchev–Trinajstić information content (AvgIpc) is 2.08. The summed E-state index contributed by atoms with van der Waals surface area (Å²) >= 11 is 0. The van der Waals surface area contributed by atoms with Gasteiger partial charge in [-0.2, -0.15) is 0 Å². The molecule has 3 nitrogen and oxygen atoms in total. The zero-order valence-electron chi connectivity index (χ0n) is 8.25. The molecule has 0 aliphatic carbocycles. The summed E-state index contributed by atoms with van der Waals surface area (Å²) in [7, 11) is 0. The number of nitrogens with one attached hydrogen (secondary N) is 1. The SMILES string of the molecule is C=CCNC(C)CCCCC(=O)O. The summed E-state index contributed by atoms with van der Waals surface area (Å²) in [6.45, 7) is 6.53. The molecule has 0 saturated carbocycles. The van der Waals surface area contributed by atoms with Crippen LogP contribution in [-0.4, -0.2) is 23.7 Å². The van der Waals surface area contributed by atoms with Crippen molar-refractivity contribution in [1.29, 1.82) is 0 Å². The number of carboxylic acid groups (broad SMARTS) is 1. The van der Waals surface area contributed by atoms with E-state index in [-0.39, 0.29) is 6.42 Å². The first-order valence-electron chi connectivity index (χ1n) is 4.73. The Morgan fingerprint density at radius 1 is 1.62 bits per heavy atom. The molecule has 0 aromatic rings. The Morgan fingerprint density at radius 3 is 2.85 bits per heavy atom. The molecule has 0 saturated heterocycles.